The lowest BCUT2D eigenvalue weighted by atomic mass is 10.1. The second kappa shape index (κ2) is 6.10. The van der Waals surface area contributed by atoms with Crippen molar-refractivity contribution < 1.29 is 12.8 Å². The van der Waals surface area contributed by atoms with Crippen LogP contribution in [0.15, 0.2) is 18.2 Å². The Hall–Kier alpha value is -1.14. The predicted octanol–water partition coefficient (Wildman–Crippen LogP) is 1.56. The summed E-state index contributed by atoms with van der Waals surface area (Å²) >= 11 is 0. The number of hydrogen-bond acceptors (Lipinski definition) is 4. The number of benzene rings is 1. The lowest BCUT2D eigenvalue weighted by Crippen LogP contribution is -2.47. The van der Waals surface area contributed by atoms with Crippen LogP contribution in [0.2, 0.25) is 0 Å². The first-order valence-corrected chi connectivity index (χ1v) is 8.72. The molecule has 0 aromatic heterocycles. The fourth-order valence-electron chi connectivity index (χ4n) is 2.60. The van der Waals surface area contributed by atoms with Crippen LogP contribution in [0.1, 0.15) is 19.4 Å². The third-order valence-corrected chi connectivity index (χ3v) is 5.42. The first-order chi connectivity index (χ1) is 9.44. The average Bonchev–Trinajstić information content (AvgIpc) is 2.36. The molecule has 1 N–H and O–H groups in total. The number of nitrogens with one attached hydrogen (secondary N) is 1. The highest BCUT2D eigenvalue weighted by Crippen LogP contribution is 2.27. The Bertz CT molecular complexity index is 575. The molecule has 0 amide bonds. The van der Waals surface area contributed by atoms with Gasteiger partial charge in [-0.2, -0.15) is 0 Å². The van der Waals surface area contributed by atoms with Crippen molar-refractivity contribution in [2.75, 3.05) is 29.5 Å². The van der Waals surface area contributed by atoms with E-state index in [9.17, 15) is 12.8 Å². The Kier molecular flexibility index (Phi) is 4.65. The number of hydrogen-bond donors (Lipinski definition) is 1. The summed E-state index contributed by atoms with van der Waals surface area (Å²) < 4.78 is 37.3. The quantitative estimate of drug-likeness (QED) is 0.917. The largest absolute Gasteiger partial charge is 0.366 e. The highest BCUT2D eigenvalue weighted by Gasteiger charge is 2.29. The van der Waals surface area contributed by atoms with Crippen molar-refractivity contribution in [3.8, 4) is 0 Å². The monoisotopic (exact) mass is 300 g/mol. The minimum Gasteiger partial charge on any atom is -0.366 e. The molecule has 2 rings (SSSR count). The molecule has 0 bridgehead atoms. The third kappa shape index (κ3) is 3.30. The molecular weight excluding hydrogens is 279 g/mol. The van der Waals surface area contributed by atoms with E-state index in [1.54, 1.807) is 6.07 Å². The summed E-state index contributed by atoms with van der Waals surface area (Å²) in [4.78, 5) is 2.00. The van der Waals surface area contributed by atoms with Crippen LogP contribution in [0.25, 0.3) is 0 Å². The van der Waals surface area contributed by atoms with E-state index < -0.39 is 9.84 Å². The molecule has 1 atom stereocenters. The van der Waals surface area contributed by atoms with Gasteiger partial charge in [-0.15, -0.1) is 0 Å². The average molecular weight is 300 g/mol. The van der Waals surface area contributed by atoms with Crippen molar-refractivity contribution in [3.05, 3.63) is 29.6 Å². The van der Waals surface area contributed by atoms with Crippen molar-refractivity contribution in [2.24, 2.45) is 0 Å². The van der Waals surface area contributed by atoms with Crippen LogP contribution >= 0.6 is 0 Å². The summed E-state index contributed by atoms with van der Waals surface area (Å²) in [6.45, 7) is 5.48. The first-order valence-electron chi connectivity index (χ1n) is 6.90. The second-order valence-corrected chi connectivity index (χ2v) is 7.40. The van der Waals surface area contributed by atoms with Crippen molar-refractivity contribution in [1.29, 1.82) is 0 Å². The predicted molar refractivity (Wildman–Crippen MR) is 79.2 cm³/mol. The van der Waals surface area contributed by atoms with E-state index in [4.69, 9.17) is 0 Å². The minimum atomic E-state index is -2.96. The van der Waals surface area contributed by atoms with Gasteiger partial charge in [-0.25, -0.2) is 12.8 Å². The number of sulfone groups is 1. The number of nitrogens with zero attached hydrogens (tertiary/aromatic N) is 1. The topological polar surface area (TPSA) is 49.4 Å². The van der Waals surface area contributed by atoms with E-state index in [0.29, 0.717) is 18.7 Å². The van der Waals surface area contributed by atoms with Crippen LogP contribution in [-0.2, 0) is 16.4 Å². The number of halogens is 1. The minimum absolute atomic E-state index is 0.129. The van der Waals surface area contributed by atoms with Gasteiger partial charge in [0.15, 0.2) is 9.84 Å². The van der Waals surface area contributed by atoms with Crippen molar-refractivity contribution in [2.45, 2.75) is 26.4 Å². The highest BCUT2D eigenvalue weighted by atomic mass is 32.2. The summed E-state index contributed by atoms with van der Waals surface area (Å²) in [5.41, 5.74) is 1.41. The third-order valence-electron chi connectivity index (χ3n) is 3.63. The van der Waals surface area contributed by atoms with E-state index in [1.807, 2.05) is 24.8 Å². The molecule has 1 aromatic rings. The van der Waals surface area contributed by atoms with Gasteiger partial charge in [0, 0.05) is 30.4 Å². The van der Waals surface area contributed by atoms with Crippen molar-refractivity contribution >= 4 is 15.5 Å². The Morgan fingerprint density at radius 1 is 1.45 bits per heavy atom. The van der Waals surface area contributed by atoms with Crippen LogP contribution in [0.4, 0.5) is 10.1 Å². The zero-order valence-corrected chi connectivity index (χ0v) is 12.7. The fraction of sp³-hybridized carbons (Fsp3) is 0.571. The SMILES string of the molecule is CCNCc1c(F)cccc1N1CCS(=O)(=O)CC1C. The van der Waals surface area contributed by atoms with Gasteiger partial charge in [0.1, 0.15) is 5.82 Å². The van der Waals surface area contributed by atoms with E-state index >= 15 is 0 Å². The Balaban J connectivity index is 2.30. The maximum Gasteiger partial charge on any atom is 0.154 e. The molecule has 112 valence electrons. The molecule has 1 heterocycles. The molecule has 1 saturated heterocycles. The normalized spacial score (nSPS) is 21.9. The summed E-state index contributed by atoms with van der Waals surface area (Å²) in [7, 11) is -2.96. The number of rotatable bonds is 4. The van der Waals surface area contributed by atoms with Crippen LogP contribution in [0, 0.1) is 5.82 Å². The Labute approximate surface area is 119 Å². The van der Waals surface area contributed by atoms with Gasteiger partial charge in [-0.1, -0.05) is 13.0 Å². The molecule has 1 unspecified atom stereocenters. The van der Waals surface area contributed by atoms with Gasteiger partial charge in [0.2, 0.25) is 0 Å². The molecular formula is C14H21FN2O2S. The second-order valence-electron chi connectivity index (χ2n) is 5.17. The van der Waals surface area contributed by atoms with E-state index in [1.165, 1.54) is 6.07 Å². The molecule has 1 aliphatic heterocycles. The molecule has 1 fully saturated rings. The van der Waals surface area contributed by atoms with Gasteiger partial charge >= 0.3 is 0 Å². The number of anilines is 1. The Morgan fingerprint density at radius 3 is 2.85 bits per heavy atom. The summed E-state index contributed by atoms with van der Waals surface area (Å²) in [5.74, 6) is 0.0163. The van der Waals surface area contributed by atoms with Gasteiger partial charge in [-0.3, -0.25) is 0 Å². The summed E-state index contributed by atoms with van der Waals surface area (Å²) in [6, 6.07) is 4.86. The van der Waals surface area contributed by atoms with Crippen LogP contribution in [0.3, 0.4) is 0 Å². The standard InChI is InChI=1S/C14H21FN2O2S/c1-3-16-9-12-13(15)5-4-6-14(12)17-7-8-20(18,19)10-11(17)2/h4-6,11,16H,3,7-10H2,1-2H3. The molecule has 0 radical (unpaired) electrons. The van der Waals surface area contributed by atoms with Gasteiger partial charge in [0.25, 0.3) is 0 Å². The summed E-state index contributed by atoms with van der Waals surface area (Å²) in [6.07, 6.45) is 0. The van der Waals surface area contributed by atoms with Gasteiger partial charge in [0.05, 0.1) is 11.5 Å². The zero-order chi connectivity index (χ0) is 14.8. The highest BCUT2D eigenvalue weighted by molar-refractivity contribution is 7.91. The Morgan fingerprint density at radius 2 is 2.20 bits per heavy atom. The maximum atomic E-state index is 14.0. The van der Waals surface area contributed by atoms with Crippen LogP contribution in [0.5, 0.6) is 0 Å². The molecule has 4 nitrogen and oxygen atoms in total. The zero-order valence-electron chi connectivity index (χ0n) is 11.9. The molecule has 0 spiro atoms. The van der Waals surface area contributed by atoms with E-state index in [2.05, 4.69) is 5.32 Å². The smallest absolute Gasteiger partial charge is 0.154 e. The van der Waals surface area contributed by atoms with Gasteiger partial charge < -0.3 is 10.2 Å². The van der Waals surface area contributed by atoms with Crippen LogP contribution < -0.4 is 10.2 Å². The molecule has 6 heteroatoms. The lowest BCUT2D eigenvalue weighted by Gasteiger charge is -2.36. The van der Waals surface area contributed by atoms with Crippen molar-refractivity contribution in [3.63, 3.8) is 0 Å². The fourth-order valence-corrected chi connectivity index (χ4v) is 4.15. The molecule has 1 aromatic carbocycles. The molecule has 0 aliphatic carbocycles. The molecule has 20 heavy (non-hydrogen) atoms. The first kappa shape index (κ1) is 15.3. The van der Waals surface area contributed by atoms with Crippen LogP contribution in [-0.4, -0.2) is 39.1 Å². The molecule has 0 saturated carbocycles. The van der Waals surface area contributed by atoms with E-state index in [-0.39, 0.29) is 23.4 Å². The van der Waals surface area contributed by atoms with Crippen molar-refractivity contribution in [1.82, 2.24) is 5.32 Å². The lowest BCUT2D eigenvalue weighted by molar-refractivity contribution is 0.563. The summed E-state index contributed by atoms with van der Waals surface area (Å²) in [5, 5.41) is 3.13. The molecule has 1 aliphatic rings. The van der Waals surface area contributed by atoms with E-state index in [0.717, 1.165) is 12.2 Å². The van der Waals surface area contributed by atoms with Gasteiger partial charge in [-0.05, 0) is 25.6 Å². The maximum absolute atomic E-state index is 14.0.